The minimum absolute atomic E-state index is 0.0178. The van der Waals surface area contributed by atoms with Gasteiger partial charge in [0, 0.05) is 17.0 Å². The van der Waals surface area contributed by atoms with E-state index in [-0.39, 0.29) is 11.2 Å². The zero-order valence-electron chi connectivity index (χ0n) is 17.6. The Labute approximate surface area is 175 Å². The van der Waals surface area contributed by atoms with Crippen molar-refractivity contribution in [1.82, 2.24) is 19.7 Å². The molecule has 6 nitrogen and oxygen atoms in total. The van der Waals surface area contributed by atoms with Crippen molar-refractivity contribution in [3.63, 3.8) is 0 Å². The molecule has 29 heavy (non-hydrogen) atoms. The SMILES string of the molecule is Cc1cc(C)c(C2SCC(=O)Nc3c2c(C)nn3-c2nc(C)cc(C)n2)c(C)c1. The van der Waals surface area contributed by atoms with Gasteiger partial charge in [-0.3, -0.25) is 4.79 Å². The van der Waals surface area contributed by atoms with Crippen molar-refractivity contribution in [2.75, 3.05) is 11.1 Å². The van der Waals surface area contributed by atoms with E-state index in [1.54, 1.807) is 16.4 Å². The molecule has 3 heterocycles. The fraction of sp³-hybridized carbons (Fsp3) is 0.364. The van der Waals surface area contributed by atoms with Crippen LogP contribution in [0.15, 0.2) is 18.2 Å². The van der Waals surface area contributed by atoms with Gasteiger partial charge in [-0.25, -0.2) is 9.97 Å². The molecule has 1 N–H and O–H groups in total. The Morgan fingerprint density at radius 1 is 0.966 bits per heavy atom. The van der Waals surface area contributed by atoms with Crippen LogP contribution < -0.4 is 5.32 Å². The molecule has 0 aliphatic carbocycles. The molecule has 4 rings (SSSR count). The number of nitrogens with zero attached hydrogens (tertiary/aromatic N) is 4. The van der Waals surface area contributed by atoms with Gasteiger partial charge in [-0.1, -0.05) is 17.7 Å². The highest BCUT2D eigenvalue weighted by molar-refractivity contribution is 8.00. The number of carbonyl (C=O) groups excluding carboxylic acids is 1. The van der Waals surface area contributed by atoms with E-state index in [2.05, 4.69) is 48.2 Å². The molecule has 0 saturated carbocycles. The number of aromatic nitrogens is 4. The van der Waals surface area contributed by atoms with Crippen LogP contribution in [-0.2, 0) is 4.79 Å². The number of hydrogen-bond acceptors (Lipinski definition) is 5. The largest absolute Gasteiger partial charge is 0.309 e. The fourth-order valence-electron chi connectivity index (χ4n) is 4.16. The van der Waals surface area contributed by atoms with Gasteiger partial charge in [-0.05, 0) is 64.3 Å². The van der Waals surface area contributed by atoms with Gasteiger partial charge in [-0.15, -0.1) is 11.8 Å². The fourth-order valence-corrected chi connectivity index (χ4v) is 5.54. The van der Waals surface area contributed by atoms with E-state index in [9.17, 15) is 4.79 Å². The van der Waals surface area contributed by atoms with Crippen molar-refractivity contribution in [2.24, 2.45) is 0 Å². The number of thioether (sulfide) groups is 1. The van der Waals surface area contributed by atoms with Crippen LogP contribution in [0.3, 0.4) is 0 Å². The van der Waals surface area contributed by atoms with Crippen LogP contribution in [0.1, 0.15) is 50.1 Å². The number of anilines is 1. The number of nitrogens with one attached hydrogen (secondary N) is 1. The number of carbonyl (C=O) groups is 1. The highest BCUT2D eigenvalue weighted by Crippen LogP contribution is 2.45. The first-order valence-electron chi connectivity index (χ1n) is 9.66. The van der Waals surface area contributed by atoms with Crippen LogP contribution >= 0.6 is 11.8 Å². The molecular weight excluding hydrogens is 382 g/mol. The first kappa shape index (κ1) is 19.6. The summed E-state index contributed by atoms with van der Waals surface area (Å²) in [6.07, 6.45) is 0. The van der Waals surface area contributed by atoms with Gasteiger partial charge in [0.2, 0.25) is 5.91 Å². The second kappa shape index (κ2) is 7.30. The van der Waals surface area contributed by atoms with Crippen molar-refractivity contribution in [1.29, 1.82) is 0 Å². The Balaban J connectivity index is 1.95. The van der Waals surface area contributed by atoms with Crippen molar-refractivity contribution in [2.45, 2.75) is 46.8 Å². The van der Waals surface area contributed by atoms with Gasteiger partial charge in [0.25, 0.3) is 5.95 Å². The van der Waals surface area contributed by atoms with Crippen LogP contribution in [-0.4, -0.2) is 31.4 Å². The summed E-state index contributed by atoms with van der Waals surface area (Å²) in [6, 6.07) is 6.33. The smallest absolute Gasteiger partial charge is 0.252 e. The lowest BCUT2D eigenvalue weighted by atomic mass is 9.93. The average Bonchev–Trinajstić information content (AvgIpc) is 2.81. The Bertz CT molecular complexity index is 1090. The maximum atomic E-state index is 12.6. The summed E-state index contributed by atoms with van der Waals surface area (Å²) in [5.74, 6) is 1.51. The van der Waals surface area contributed by atoms with E-state index in [0.717, 1.165) is 22.6 Å². The van der Waals surface area contributed by atoms with Gasteiger partial charge < -0.3 is 5.32 Å². The maximum Gasteiger partial charge on any atom is 0.252 e. The van der Waals surface area contributed by atoms with E-state index in [1.807, 2.05) is 26.8 Å². The van der Waals surface area contributed by atoms with Crippen LogP contribution in [0, 0.1) is 41.5 Å². The topological polar surface area (TPSA) is 72.7 Å². The Kier molecular flexibility index (Phi) is 4.94. The van der Waals surface area contributed by atoms with E-state index < -0.39 is 0 Å². The Morgan fingerprint density at radius 3 is 2.21 bits per heavy atom. The molecule has 3 aromatic rings. The van der Waals surface area contributed by atoms with E-state index in [0.29, 0.717) is 17.5 Å². The third-order valence-electron chi connectivity index (χ3n) is 5.17. The monoisotopic (exact) mass is 407 g/mol. The van der Waals surface area contributed by atoms with Gasteiger partial charge in [0.1, 0.15) is 5.82 Å². The number of aryl methyl sites for hydroxylation is 6. The third-order valence-corrected chi connectivity index (χ3v) is 6.40. The lowest BCUT2D eigenvalue weighted by Crippen LogP contribution is -2.17. The minimum Gasteiger partial charge on any atom is -0.309 e. The molecule has 0 saturated heterocycles. The predicted molar refractivity (Wildman–Crippen MR) is 117 cm³/mol. The molecule has 1 aliphatic heterocycles. The van der Waals surface area contributed by atoms with Gasteiger partial charge in [0.05, 0.1) is 16.7 Å². The van der Waals surface area contributed by atoms with Crippen molar-refractivity contribution in [3.05, 3.63) is 63.1 Å². The summed E-state index contributed by atoms with van der Waals surface area (Å²) in [7, 11) is 0. The summed E-state index contributed by atoms with van der Waals surface area (Å²) < 4.78 is 1.68. The van der Waals surface area contributed by atoms with Crippen molar-refractivity contribution >= 4 is 23.5 Å². The van der Waals surface area contributed by atoms with Crippen LogP contribution in [0.2, 0.25) is 0 Å². The van der Waals surface area contributed by atoms with Crippen LogP contribution in [0.25, 0.3) is 5.95 Å². The Hall–Kier alpha value is -2.67. The predicted octanol–water partition coefficient (Wildman–Crippen LogP) is 4.29. The molecule has 0 spiro atoms. The molecule has 0 fully saturated rings. The summed E-state index contributed by atoms with van der Waals surface area (Å²) in [5.41, 5.74) is 8.59. The van der Waals surface area contributed by atoms with Gasteiger partial charge in [0.15, 0.2) is 0 Å². The van der Waals surface area contributed by atoms with Crippen molar-refractivity contribution in [3.8, 4) is 5.95 Å². The first-order chi connectivity index (χ1) is 13.7. The number of fused-ring (bicyclic) bond motifs is 1. The summed E-state index contributed by atoms with van der Waals surface area (Å²) in [4.78, 5) is 21.7. The quantitative estimate of drug-likeness (QED) is 0.686. The Morgan fingerprint density at radius 2 is 1.59 bits per heavy atom. The summed E-state index contributed by atoms with van der Waals surface area (Å²) in [6.45, 7) is 12.3. The third kappa shape index (κ3) is 3.55. The molecule has 1 aromatic carbocycles. The molecular formula is C22H25N5OS. The zero-order chi connectivity index (χ0) is 20.9. The highest BCUT2D eigenvalue weighted by Gasteiger charge is 2.32. The zero-order valence-corrected chi connectivity index (χ0v) is 18.4. The second-order valence-electron chi connectivity index (χ2n) is 7.76. The molecule has 1 amide bonds. The molecule has 150 valence electrons. The molecule has 2 aromatic heterocycles. The van der Waals surface area contributed by atoms with E-state index in [4.69, 9.17) is 5.10 Å². The second-order valence-corrected chi connectivity index (χ2v) is 8.86. The first-order valence-corrected chi connectivity index (χ1v) is 10.7. The van der Waals surface area contributed by atoms with Gasteiger partial charge in [-0.2, -0.15) is 9.78 Å². The summed E-state index contributed by atoms with van der Waals surface area (Å²) >= 11 is 1.64. The van der Waals surface area contributed by atoms with Gasteiger partial charge >= 0.3 is 0 Å². The lowest BCUT2D eigenvalue weighted by Gasteiger charge is -2.21. The standard InChI is InChI=1S/C22H25N5OS/c1-11-7-12(2)18(13(3)8-11)20-19-16(6)26-27(21(19)25-17(28)10-29-20)22-23-14(4)9-15(5)24-22/h7-9,20H,10H2,1-6H3,(H,25,28). The normalized spacial score (nSPS) is 16.3. The molecule has 7 heteroatoms. The van der Waals surface area contributed by atoms with Crippen LogP contribution in [0.4, 0.5) is 5.82 Å². The molecule has 0 radical (unpaired) electrons. The van der Waals surface area contributed by atoms with Crippen LogP contribution in [0.5, 0.6) is 0 Å². The number of hydrogen-bond donors (Lipinski definition) is 1. The maximum absolute atomic E-state index is 12.6. The van der Waals surface area contributed by atoms with E-state index in [1.165, 1.54) is 22.3 Å². The minimum atomic E-state index is -0.0355. The van der Waals surface area contributed by atoms with E-state index >= 15 is 0 Å². The number of rotatable bonds is 2. The lowest BCUT2D eigenvalue weighted by molar-refractivity contribution is -0.113. The summed E-state index contributed by atoms with van der Waals surface area (Å²) in [5, 5.41) is 7.81. The molecule has 1 atom stereocenters. The number of benzene rings is 1. The number of amides is 1. The highest BCUT2D eigenvalue weighted by atomic mass is 32.2. The average molecular weight is 408 g/mol. The van der Waals surface area contributed by atoms with Crippen molar-refractivity contribution < 1.29 is 4.79 Å². The molecule has 1 aliphatic rings. The molecule has 1 unspecified atom stereocenters. The molecule has 0 bridgehead atoms.